The van der Waals surface area contributed by atoms with Crippen molar-refractivity contribution in [1.82, 2.24) is 4.90 Å². The summed E-state index contributed by atoms with van der Waals surface area (Å²) in [6, 6.07) is 6.37. The summed E-state index contributed by atoms with van der Waals surface area (Å²) in [5, 5.41) is 12.6. The summed E-state index contributed by atoms with van der Waals surface area (Å²) < 4.78 is 0. The van der Waals surface area contributed by atoms with E-state index >= 15 is 0 Å². The molecule has 0 aromatic heterocycles. The molecule has 0 aliphatic carbocycles. The molecule has 0 spiro atoms. The minimum Gasteiger partial charge on any atom is -0.372 e. The quantitative estimate of drug-likeness (QED) is 0.485. The van der Waals surface area contributed by atoms with E-state index in [4.69, 9.17) is 0 Å². The van der Waals surface area contributed by atoms with Crippen LogP contribution in [0.5, 0.6) is 0 Å². The number of carbonyl (C=O) groups is 2. The summed E-state index contributed by atoms with van der Waals surface area (Å²) in [5.41, 5.74) is 0.870. The molecule has 0 N–H and O–H groups in total. The van der Waals surface area contributed by atoms with Gasteiger partial charge in [-0.25, -0.2) is 0 Å². The Bertz CT molecular complexity index is 918. The molecular formula is C18H19N3O4. The molecule has 0 radical (unpaired) electrons. The highest BCUT2D eigenvalue weighted by atomic mass is 16.6. The molecule has 1 aliphatic heterocycles. The first-order valence-corrected chi connectivity index (χ1v) is 8.01. The standard InChI is InChI=1S/C18H19N3O4/c1-10(2)9-20-17(22)12-7-5-6-11-15(12)13(18(20)23)8-14(21(24)25)16(11)19(3)4/h5-8,10H,9H2,1-4H3. The number of nitrogens with zero attached hydrogens (tertiary/aromatic N) is 3. The Balaban J connectivity index is 2.40. The summed E-state index contributed by atoms with van der Waals surface area (Å²) in [6.45, 7) is 4.10. The average Bonchev–Trinajstić information content (AvgIpc) is 2.54. The summed E-state index contributed by atoms with van der Waals surface area (Å²) >= 11 is 0. The summed E-state index contributed by atoms with van der Waals surface area (Å²) in [4.78, 5) is 39.6. The van der Waals surface area contributed by atoms with E-state index in [1.165, 1.54) is 11.0 Å². The lowest BCUT2D eigenvalue weighted by molar-refractivity contribution is -0.384. The lowest BCUT2D eigenvalue weighted by Gasteiger charge is -2.29. The molecular weight excluding hydrogens is 322 g/mol. The number of nitro benzene ring substituents is 1. The minimum atomic E-state index is -0.492. The maximum Gasteiger partial charge on any atom is 0.293 e. The van der Waals surface area contributed by atoms with Gasteiger partial charge in [0.25, 0.3) is 17.5 Å². The number of hydrogen-bond donors (Lipinski definition) is 0. The van der Waals surface area contributed by atoms with Gasteiger partial charge in [0, 0.05) is 43.0 Å². The fourth-order valence-corrected chi connectivity index (χ4v) is 3.33. The fraction of sp³-hybridized carbons (Fsp3) is 0.333. The highest BCUT2D eigenvalue weighted by Crippen LogP contribution is 2.41. The van der Waals surface area contributed by atoms with Crippen LogP contribution in [-0.2, 0) is 0 Å². The van der Waals surface area contributed by atoms with E-state index in [0.29, 0.717) is 22.0 Å². The van der Waals surface area contributed by atoms with Gasteiger partial charge in [-0.15, -0.1) is 0 Å². The van der Waals surface area contributed by atoms with Gasteiger partial charge in [-0.05, 0) is 12.0 Å². The van der Waals surface area contributed by atoms with Crippen LogP contribution in [0.25, 0.3) is 10.8 Å². The van der Waals surface area contributed by atoms with E-state index in [9.17, 15) is 19.7 Å². The minimum absolute atomic E-state index is 0.102. The van der Waals surface area contributed by atoms with Crippen LogP contribution in [0, 0.1) is 16.0 Å². The maximum absolute atomic E-state index is 12.9. The zero-order valence-corrected chi connectivity index (χ0v) is 14.6. The van der Waals surface area contributed by atoms with E-state index in [0.717, 1.165) is 0 Å². The van der Waals surface area contributed by atoms with Crippen LogP contribution in [-0.4, -0.2) is 42.3 Å². The fourth-order valence-electron chi connectivity index (χ4n) is 3.33. The second-order valence-corrected chi connectivity index (χ2v) is 6.79. The van der Waals surface area contributed by atoms with E-state index in [1.54, 1.807) is 37.2 Å². The van der Waals surface area contributed by atoms with Crippen molar-refractivity contribution in [3.8, 4) is 0 Å². The molecule has 3 rings (SSSR count). The van der Waals surface area contributed by atoms with E-state index in [-0.39, 0.29) is 29.6 Å². The number of imide groups is 1. The van der Waals surface area contributed by atoms with Crippen molar-refractivity contribution in [2.24, 2.45) is 5.92 Å². The molecule has 7 heteroatoms. The molecule has 130 valence electrons. The third-order valence-corrected chi connectivity index (χ3v) is 4.26. The van der Waals surface area contributed by atoms with Gasteiger partial charge in [-0.1, -0.05) is 26.0 Å². The Kier molecular flexibility index (Phi) is 3.94. The number of carbonyl (C=O) groups excluding carboxylic acids is 2. The smallest absolute Gasteiger partial charge is 0.293 e. The molecule has 0 atom stereocenters. The van der Waals surface area contributed by atoms with Crippen molar-refractivity contribution in [1.29, 1.82) is 0 Å². The van der Waals surface area contributed by atoms with Gasteiger partial charge >= 0.3 is 0 Å². The third-order valence-electron chi connectivity index (χ3n) is 4.26. The Hall–Kier alpha value is -2.96. The number of hydrogen-bond acceptors (Lipinski definition) is 5. The molecule has 25 heavy (non-hydrogen) atoms. The van der Waals surface area contributed by atoms with Crippen LogP contribution in [0.15, 0.2) is 24.3 Å². The van der Waals surface area contributed by atoms with Crippen molar-refractivity contribution >= 4 is 34.0 Å². The highest BCUT2D eigenvalue weighted by molar-refractivity contribution is 6.27. The van der Waals surface area contributed by atoms with Gasteiger partial charge in [-0.2, -0.15) is 0 Å². The normalized spacial score (nSPS) is 13.7. The third kappa shape index (κ3) is 2.52. The lowest BCUT2D eigenvalue weighted by atomic mass is 9.91. The second-order valence-electron chi connectivity index (χ2n) is 6.79. The predicted octanol–water partition coefficient (Wildman–Crippen LogP) is 3.07. The molecule has 0 saturated heterocycles. The summed E-state index contributed by atoms with van der Waals surface area (Å²) in [5.74, 6) is -0.726. The van der Waals surface area contributed by atoms with Gasteiger partial charge in [0.05, 0.1) is 10.5 Å². The molecule has 0 unspecified atom stereocenters. The number of anilines is 1. The molecule has 2 amide bonds. The molecule has 7 nitrogen and oxygen atoms in total. The first-order chi connectivity index (χ1) is 11.7. The largest absolute Gasteiger partial charge is 0.372 e. The predicted molar refractivity (Wildman–Crippen MR) is 95.1 cm³/mol. The zero-order valence-electron chi connectivity index (χ0n) is 14.6. The monoisotopic (exact) mass is 341 g/mol. The molecule has 2 aromatic rings. The molecule has 0 bridgehead atoms. The van der Waals surface area contributed by atoms with Crippen LogP contribution < -0.4 is 4.90 Å². The Morgan fingerprint density at radius 3 is 2.36 bits per heavy atom. The zero-order chi connectivity index (χ0) is 18.5. The number of nitro groups is 1. The van der Waals surface area contributed by atoms with Crippen LogP contribution in [0.4, 0.5) is 11.4 Å². The lowest BCUT2D eigenvalue weighted by Crippen LogP contribution is -2.42. The van der Waals surface area contributed by atoms with E-state index in [2.05, 4.69) is 0 Å². The van der Waals surface area contributed by atoms with Crippen LogP contribution in [0.1, 0.15) is 34.6 Å². The van der Waals surface area contributed by atoms with Gasteiger partial charge in [0.1, 0.15) is 5.69 Å². The van der Waals surface area contributed by atoms with Crippen molar-refractivity contribution in [2.75, 3.05) is 25.5 Å². The summed E-state index contributed by atoms with van der Waals surface area (Å²) in [7, 11) is 3.41. The van der Waals surface area contributed by atoms with Gasteiger partial charge < -0.3 is 4.90 Å². The molecule has 2 aromatic carbocycles. The first-order valence-electron chi connectivity index (χ1n) is 8.01. The second kappa shape index (κ2) is 5.84. The van der Waals surface area contributed by atoms with Crippen molar-refractivity contribution < 1.29 is 14.5 Å². The number of rotatable bonds is 4. The van der Waals surface area contributed by atoms with Gasteiger partial charge in [-0.3, -0.25) is 24.6 Å². The van der Waals surface area contributed by atoms with E-state index in [1.807, 2.05) is 13.8 Å². The maximum atomic E-state index is 12.9. The highest BCUT2D eigenvalue weighted by Gasteiger charge is 2.36. The molecule has 0 fully saturated rings. The molecule has 1 aliphatic rings. The SMILES string of the molecule is CC(C)CN1C(=O)c2cccc3c(N(C)C)c([N+](=O)[O-])cc(c23)C1=O. The van der Waals surface area contributed by atoms with Gasteiger partial charge in [0.2, 0.25) is 0 Å². The summed E-state index contributed by atoms with van der Waals surface area (Å²) in [6.07, 6.45) is 0. The topological polar surface area (TPSA) is 83.8 Å². The Morgan fingerprint density at radius 1 is 1.16 bits per heavy atom. The molecule has 1 heterocycles. The van der Waals surface area contributed by atoms with Gasteiger partial charge in [0.15, 0.2) is 0 Å². The average molecular weight is 341 g/mol. The Labute approximate surface area is 145 Å². The molecule has 0 saturated carbocycles. The van der Waals surface area contributed by atoms with Crippen LogP contribution >= 0.6 is 0 Å². The first kappa shape index (κ1) is 16.9. The van der Waals surface area contributed by atoms with Crippen molar-refractivity contribution in [3.63, 3.8) is 0 Å². The van der Waals surface area contributed by atoms with Crippen LogP contribution in [0.2, 0.25) is 0 Å². The van der Waals surface area contributed by atoms with Crippen molar-refractivity contribution in [2.45, 2.75) is 13.8 Å². The Morgan fingerprint density at radius 2 is 1.80 bits per heavy atom. The number of benzene rings is 2. The van der Waals surface area contributed by atoms with Crippen molar-refractivity contribution in [3.05, 3.63) is 45.5 Å². The van der Waals surface area contributed by atoms with Crippen LogP contribution in [0.3, 0.4) is 0 Å². The van der Waals surface area contributed by atoms with E-state index < -0.39 is 10.8 Å². The number of amides is 2.